The summed E-state index contributed by atoms with van der Waals surface area (Å²) in [6.45, 7) is 17.0. The Morgan fingerprint density at radius 1 is 0.877 bits per heavy atom. The van der Waals surface area contributed by atoms with Crippen molar-refractivity contribution in [2.75, 3.05) is 13.1 Å². The zero-order chi connectivity index (χ0) is 41.9. The number of thioether (sulfide) groups is 1. The number of nitrogens with one attached hydrogen (secondary N) is 3. The van der Waals surface area contributed by atoms with E-state index in [1.807, 2.05) is 96.1 Å². The van der Waals surface area contributed by atoms with Gasteiger partial charge in [-0.05, 0) is 67.9 Å². The van der Waals surface area contributed by atoms with Gasteiger partial charge < -0.3 is 20.7 Å². The standard InChI is InChI=1S/C46H66N4O6S/c1-30(2)24-38(43(53)50-45-47-23-21-35(8)57-45)27-42(52)40(20-15-22-48-46(55)56-29-37-18-13-10-14-19-37)49-44(54)39(31(3)4)28-41(51)34(7)25-32(5)33(6)26-36-16-11-9-12-17-36/h9-14,16-19,25,30-31,33-35,38-40H,15,20-24,26-29H2,1-8H3,(H,48,55)(H,49,54)(H,47,50,53)/b32-25+/t33-,34-,35?,38-,39+,40+/m1/s1. The number of carbonyl (C=O) groups excluding carboxylic acids is 5. The van der Waals surface area contributed by atoms with E-state index in [0.29, 0.717) is 29.8 Å². The first kappa shape index (κ1) is 47.1. The minimum atomic E-state index is -0.918. The van der Waals surface area contributed by atoms with Crippen LogP contribution in [0.2, 0.25) is 0 Å². The number of Topliss-reactive ketones (excluding diaryl/α,β-unsaturated/α-hetero) is 2. The van der Waals surface area contributed by atoms with Crippen LogP contribution in [0.15, 0.2) is 77.3 Å². The molecule has 0 aromatic heterocycles. The number of carbonyl (C=O) groups is 5. The summed E-state index contributed by atoms with van der Waals surface area (Å²) in [5.41, 5.74) is 3.22. The van der Waals surface area contributed by atoms with Crippen molar-refractivity contribution in [1.82, 2.24) is 16.0 Å². The zero-order valence-corrected chi connectivity index (χ0v) is 36.2. The summed E-state index contributed by atoms with van der Waals surface area (Å²) in [4.78, 5) is 72.3. The number of ether oxygens (including phenoxy) is 1. The molecule has 1 aliphatic rings. The van der Waals surface area contributed by atoms with E-state index < -0.39 is 24.0 Å². The quantitative estimate of drug-likeness (QED) is 0.0801. The molecule has 312 valence electrons. The molecular formula is C46H66N4O6S. The predicted molar refractivity (Wildman–Crippen MR) is 231 cm³/mol. The lowest BCUT2D eigenvalue weighted by Gasteiger charge is -2.26. The van der Waals surface area contributed by atoms with Crippen LogP contribution in [0, 0.1) is 35.5 Å². The van der Waals surface area contributed by atoms with Crippen LogP contribution in [0.5, 0.6) is 0 Å². The SMILES string of the molecule is C/C(=C\[C@@H](C)C(=O)C[C@H](C(=O)N[C@@H](CCCNC(=O)OCc1ccccc1)C(=O)C[C@@H](CC(C)C)C(=O)NC1=NCCC(C)S1)C(C)C)[C@H](C)Cc1ccccc1. The second-order valence-corrected chi connectivity index (χ2v) is 17.8. The van der Waals surface area contributed by atoms with Gasteiger partial charge in [0.15, 0.2) is 11.0 Å². The van der Waals surface area contributed by atoms with Gasteiger partial charge in [0.25, 0.3) is 0 Å². The van der Waals surface area contributed by atoms with Crippen LogP contribution >= 0.6 is 11.8 Å². The predicted octanol–water partition coefficient (Wildman–Crippen LogP) is 8.49. The van der Waals surface area contributed by atoms with Crippen LogP contribution in [0.4, 0.5) is 4.79 Å². The van der Waals surface area contributed by atoms with Crippen LogP contribution in [-0.4, -0.2) is 59.0 Å². The number of ketones is 2. The first-order valence-electron chi connectivity index (χ1n) is 20.7. The van der Waals surface area contributed by atoms with Crippen LogP contribution in [0.25, 0.3) is 0 Å². The lowest BCUT2D eigenvalue weighted by molar-refractivity contribution is -0.135. The van der Waals surface area contributed by atoms with Crippen LogP contribution in [0.1, 0.15) is 105 Å². The summed E-state index contributed by atoms with van der Waals surface area (Å²) < 4.78 is 5.33. The van der Waals surface area contributed by atoms with E-state index in [-0.39, 0.29) is 79.5 Å². The van der Waals surface area contributed by atoms with Crippen LogP contribution in [0.3, 0.4) is 0 Å². The van der Waals surface area contributed by atoms with Gasteiger partial charge in [-0.2, -0.15) is 0 Å². The molecule has 3 amide bonds. The van der Waals surface area contributed by atoms with E-state index in [2.05, 4.69) is 46.9 Å². The minimum Gasteiger partial charge on any atom is -0.445 e. The fraction of sp³-hybridized carbons (Fsp3) is 0.565. The van der Waals surface area contributed by atoms with E-state index >= 15 is 0 Å². The average Bonchev–Trinajstić information content (AvgIpc) is 3.17. The monoisotopic (exact) mass is 802 g/mol. The maximum atomic E-state index is 14.1. The number of amidine groups is 1. The number of hydrogen-bond acceptors (Lipinski definition) is 8. The highest BCUT2D eigenvalue weighted by atomic mass is 32.2. The molecule has 0 aliphatic carbocycles. The number of hydrogen-bond donors (Lipinski definition) is 3. The van der Waals surface area contributed by atoms with Crippen molar-refractivity contribution >= 4 is 46.4 Å². The Bertz CT molecular complexity index is 1660. The Morgan fingerprint density at radius 2 is 1.53 bits per heavy atom. The number of aliphatic imine (C=N–C) groups is 1. The molecule has 3 rings (SSSR count). The lowest BCUT2D eigenvalue weighted by atomic mass is 9.84. The molecule has 57 heavy (non-hydrogen) atoms. The van der Waals surface area contributed by atoms with Gasteiger partial charge in [0, 0.05) is 48.9 Å². The third kappa shape index (κ3) is 17.4. The normalized spacial score (nSPS) is 17.1. The van der Waals surface area contributed by atoms with Gasteiger partial charge >= 0.3 is 6.09 Å². The molecule has 0 saturated carbocycles. The van der Waals surface area contributed by atoms with Crippen molar-refractivity contribution in [2.24, 2.45) is 40.5 Å². The van der Waals surface area contributed by atoms with E-state index in [1.165, 1.54) is 17.3 Å². The van der Waals surface area contributed by atoms with Gasteiger partial charge in [0.2, 0.25) is 11.8 Å². The Hall–Kier alpha value is -4.25. The lowest BCUT2D eigenvalue weighted by Crippen LogP contribution is -2.47. The summed E-state index contributed by atoms with van der Waals surface area (Å²) in [7, 11) is 0. The van der Waals surface area contributed by atoms with E-state index in [9.17, 15) is 24.0 Å². The van der Waals surface area contributed by atoms with E-state index in [0.717, 1.165) is 24.0 Å². The summed E-state index contributed by atoms with van der Waals surface area (Å²) in [5, 5.41) is 9.59. The van der Waals surface area contributed by atoms with Gasteiger partial charge in [0.05, 0.1) is 6.04 Å². The summed E-state index contributed by atoms with van der Waals surface area (Å²) in [6.07, 6.45) is 4.29. The maximum Gasteiger partial charge on any atom is 0.407 e. The highest BCUT2D eigenvalue weighted by Crippen LogP contribution is 2.25. The third-order valence-corrected chi connectivity index (χ3v) is 11.6. The highest BCUT2D eigenvalue weighted by molar-refractivity contribution is 8.14. The molecular weight excluding hydrogens is 737 g/mol. The molecule has 1 aliphatic heterocycles. The fourth-order valence-corrected chi connectivity index (χ4v) is 7.76. The van der Waals surface area contributed by atoms with Crippen LogP contribution < -0.4 is 16.0 Å². The van der Waals surface area contributed by atoms with Crippen molar-refractivity contribution in [1.29, 1.82) is 0 Å². The largest absolute Gasteiger partial charge is 0.445 e. The number of nitrogens with zero attached hydrogens (tertiary/aromatic N) is 1. The molecule has 10 nitrogen and oxygen atoms in total. The van der Waals surface area contributed by atoms with Crippen molar-refractivity contribution in [3.63, 3.8) is 0 Å². The van der Waals surface area contributed by atoms with Gasteiger partial charge in [-0.1, -0.05) is 133 Å². The number of benzene rings is 2. The van der Waals surface area contributed by atoms with Gasteiger partial charge in [0.1, 0.15) is 12.4 Å². The Kier molecular flexibility index (Phi) is 20.3. The van der Waals surface area contributed by atoms with Gasteiger partial charge in [-0.25, -0.2) is 4.79 Å². The zero-order valence-electron chi connectivity index (χ0n) is 35.3. The average molecular weight is 803 g/mol. The molecule has 2 aromatic rings. The van der Waals surface area contributed by atoms with Crippen molar-refractivity contribution in [3.05, 3.63) is 83.4 Å². The molecule has 0 spiro atoms. The third-order valence-electron chi connectivity index (χ3n) is 10.5. The molecule has 0 fully saturated rings. The van der Waals surface area contributed by atoms with Crippen molar-refractivity contribution < 1.29 is 28.7 Å². The topological polar surface area (TPSA) is 143 Å². The number of rotatable bonds is 22. The second-order valence-electron chi connectivity index (χ2n) is 16.4. The van der Waals surface area contributed by atoms with E-state index in [1.54, 1.807) is 0 Å². The Morgan fingerprint density at radius 3 is 2.14 bits per heavy atom. The Balaban J connectivity index is 1.71. The molecule has 0 bridgehead atoms. The molecule has 6 atom stereocenters. The molecule has 3 N–H and O–H groups in total. The second kappa shape index (κ2) is 24.5. The van der Waals surface area contributed by atoms with Gasteiger partial charge in [-0.15, -0.1) is 0 Å². The molecule has 2 aromatic carbocycles. The number of amides is 3. The molecule has 0 saturated heterocycles. The smallest absolute Gasteiger partial charge is 0.407 e. The number of allylic oxidation sites excluding steroid dienone is 2. The first-order chi connectivity index (χ1) is 27.1. The summed E-state index contributed by atoms with van der Waals surface area (Å²) >= 11 is 1.52. The van der Waals surface area contributed by atoms with Crippen molar-refractivity contribution in [3.8, 4) is 0 Å². The molecule has 0 radical (unpaired) electrons. The molecule has 11 heteroatoms. The Labute approximate surface area is 345 Å². The summed E-state index contributed by atoms with van der Waals surface area (Å²) in [5.74, 6) is -2.37. The number of alkyl carbamates (subject to hydrolysis) is 1. The molecule has 1 unspecified atom stereocenters. The van der Waals surface area contributed by atoms with E-state index in [4.69, 9.17) is 4.74 Å². The maximum absolute atomic E-state index is 14.1. The fourth-order valence-electron chi connectivity index (χ4n) is 6.83. The first-order valence-corrected chi connectivity index (χ1v) is 21.5. The van der Waals surface area contributed by atoms with Crippen molar-refractivity contribution in [2.45, 2.75) is 118 Å². The molecule has 1 heterocycles. The highest BCUT2D eigenvalue weighted by Gasteiger charge is 2.33. The van der Waals surface area contributed by atoms with Crippen LogP contribution in [-0.2, 0) is 36.9 Å². The summed E-state index contributed by atoms with van der Waals surface area (Å²) in [6, 6.07) is 18.7. The minimum absolute atomic E-state index is 0.0355. The van der Waals surface area contributed by atoms with Gasteiger partial charge in [-0.3, -0.25) is 24.2 Å².